The second-order valence-corrected chi connectivity index (χ2v) is 16.9. The minimum Gasteiger partial charge on any atom is -0.369 e. The largest absolute Gasteiger partial charge is 0.369 e. The number of amides is 3. The van der Waals surface area contributed by atoms with E-state index < -0.39 is 0 Å². The first kappa shape index (κ1) is 52.5. The van der Waals surface area contributed by atoms with Crippen molar-refractivity contribution in [1.29, 1.82) is 0 Å². The minimum atomic E-state index is -0.360. The fraction of sp³-hybridized carbons (Fsp3) is 0.127. The van der Waals surface area contributed by atoms with Crippen LogP contribution in [0.15, 0.2) is 164 Å². The molecule has 0 bridgehead atoms. The van der Waals surface area contributed by atoms with Crippen LogP contribution < -0.4 is 49.1 Å². The lowest BCUT2D eigenvalue weighted by atomic mass is 10.2. The highest BCUT2D eigenvalue weighted by molar-refractivity contribution is 5.95. The van der Waals surface area contributed by atoms with Gasteiger partial charge in [0.2, 0.25) is 17.8 Å². The normalized spacial score (nSPS) is 10.3. The van der Waals surface area contributed by atoms with Crippen molar-refractivity contribution in [3.63, 3.8) is 0 Å². The maximum Gasteiger partial charge on any atom is 0.332 e. The fourth-order valence-corrected chi connectivity index (χ4v) is 6.82. The minimum absolute atomic E-state index is 0. The lowest BCUT2D eigenvalue weighted by Gasteiger charge is -2.08. The molecule has 0 atom stereocenters. The third-order valence-electron chi connectivity index (χ3n) is 10.8. The standard InChI is InChI=1S/3C18H19N5O.CH4/c1-12-3-7-14(8-4-12)20-16-11-23(17(19)22-16)18(24)21-15-9-5-13(2)6-10-15;1-12-6-8-14(9-7-12)20-16-11-23(17(19)22-16)18(24)21-15-5-3-4-13(2)10-15;1-12-7-9-14(10-8-12)20-16-11-23(17(19)22-16)18(24)21-15-6-4-3-5-13(15)2;/h3*3-11,20H,1-2H3,(H2,19,22)(H,21,24);1H4. The van der Waals surface area contributed by atoms with Gasteiger partial charge in [-0.15, -0.1) is 0 Å². The van der Waals surface area contributed by atoms with Crippen molar-refractivity contribution >= 4 is 87.5 Å². The summed E-state index contributed by atoms with van der Waals surface area (Å²) < 4.78 is 3.83. The predicted octanol–water partition coefficient (Wildman–Crippen LogP) is 12.4. The number of carbonyl (C=O) groups is 3. The Kier molecular flexibility index (Phi) is 17.4. The monoisotopic (exact) mass is 980 g/mol. The second kappa shape index (κ2) is 24.1. The van der Waals surface area contributed by atoms with E-state index in [9.17, 15) is 14.4 Å². The van der Waals surface area contributed by atoms with Crippen molar-refractivity contribution in [2.24, 2.45) is 0 Å². The number of hydrogen-bond acceptors (Lipinski definition) is 12. The number of benzene rings is 6. The highest BCUT2D eigenvalue weighted by Crippen LogP contribution is 2.22. The Morgan fingerprint density at radius 1 is 0.384 bits per heavy atom. The van der Waals surface area contributed by atoms with Gasteiger partial charge in [-0.1, -0.05) is 109 Å². The number of aromatic nitrogens is 6. The molecule has 3 heterocycles. The predicted molar refractivity (Wildman–Crippen MR) is 297 cm³/mol. The average Bonchev–Trinajstić information content (AvgIpc) is 4.04. The highest BCUT2D eigenvalue weighted by atomic mass is 16.2. The Hall–Kier alpha value is -9.84. The summed E-state index contributed by atoms with van der Waals surface area (Å²) in [5.41, 5.74) is 29.0. The third-order valence-corrected chi connectivity index (χ3v) is 10.8. The zero-order valence-corrected chi connectivity index (χ0v) is 40.7. The van der Waals surface area contributed by atoms with Crippen LogP contribution in [0.1, 0.15) is 40.8 Å². The molecule has 3 amide bonds. The maximum atomic E-state index is 12.4. The molecule has 0 radical (unpaired) electrons. The molecular formula is C55H61N15O3. The molecule has 73 heavy (non-hydrogen) atoms. The summed E-state index contributed by atoms with van der Waals surface area (Å²) in [7, 11) is 0. The topological polar surface area (TPSA) is 255 Å². The molecule has 12 N–H and O–H groups in total. The van der Waals surface area contributed by atoms with Crippen LogP contribution in [0.25, 0.3) is 0 Å². The molecule has 18 heteroatoms. The number of nitrogens with zero attached hydrogens (tertiary/aromatic N) is 6. The SMILES string of the molecule is C.Cc1ccc(NC(=O)n2cc(Nc3ccc(C)cc3)nc2N)cc1.Cc1ccc(Nc2cn(C(=O)Nc3cccc(C)c3)c(N)n2)cc1.Cc1ccc(Nc2cn(C(=O)Nc3ccccc3C)c(N)n2)cc1. The van der Waals surface area contributed by atoms with Gasteiger partial charge in [0.1, 0.15) is 0 Å². The molecule has 6 aromatic carbocycles. The summed E-state index contributed by atoms with van der Waals surface area (Å²) >= 11 is 0. The lowest BCUT2D eigenvalue weighted by Crippen LogP contribution is -2.20. The number of rotatable bonds is 9. The van der Waals surface area contributed by atoms with E-state index in [1.165, 1.54) is 30.4 Å². The van der Waals surface area contributed by atoms with Crippen LogP contribution in [0.4, 0.5) is 83.8 Å². The number of para-hydroxylation sites is 1. The van der Waals surface area contributed by atoms with Gasteiger partial charge in [0.05, 0.1) is 18.6 Å². The number of anilines is 12. The van der Waals surface area contributed by atoms with Crippen LogP contribution in [0.5, 0.6) is 0 Å². The molecule has 18 nitrogen and oxygen atoms in total. The highest BCUT2D eigenvalue weighted by Gasteiger charge is 2.16. The first-order valence-corrected chi connectivity index (χ1v) is 22.7. The second-order valence-electron chi connectivity index (χ2n) is 16.9. The van der Waals surface area contributed by atoms with Crippen molar-refractivity contribution in [3.05, 3.63) is 198 Å². The molecule has 0 fully saturated rings. The van der Waals surface area contributed by atoms with Gasteiger partial charge < -0.3 is 49.1 Å². The number of nitrogens with one attached hydrogen (secondary N) is 6. The Morgan fingerprint density at radius 2 is 0.726 bits per heavy atom. The Morgan fingerprint density at radius 3 is 1.10 bits per heavy atom. The fourth-order valence-electron chi connectivity index (χ4n) is 6.82. The molecule has 0 aliphatic rings. The zero-order chi connectivity index (χ0) is 51.3. The summed E-state index contributed by atoms with van der Waals surface area (Å²) in [6.07, 6.45) is 4.71. The van der Waals surface area contributed by atoms with E-state index in [2.05, 4.69) is 46.9 Å². The van der Waals surface area contributed by atoms with E-state index in [-0.39, 0.29) is 43.4 Å². The molecule has 3 aromatic heterocycles. The number of imidazole rings is 3. The van der Waals surface area contributed by atoms with Crippen LogP contribution in [0.2, 0.25) is 0 Å². The van der Waals surface area contributed by atoms with Gasteiger partial charge in [0.15, 0.2) is 17.5 Å². The van der Waals surface area contributed by atoms with Gasteiger partial charge >= 0.3 is 18.1 Å². The van der Waals surface area contributed by atoms with E-state index in [0.717, 1.165) is 39.4 Å². The van der Waals surface area contributed by atoms with Crippen LogP contribution in [-0.2, 0) is 0 Å². The first-order valence-electron chi connectivity index (χ1n) is 22.7. The van der Waals surface area contributed by atoms with Gasteiger partial charge in [0, 0.05) is 34.1 Å². The summed E-state index contributed by atoms with van der Waals surface area (Å²) in [6.45, 7) is 11.9. The van der Waals surface area contributed by atoms with Crippen LogP contribution >= 0.6 is 0 Å². The maximum absolute atomic E-state index is 12.4. The summed E-state index contributed by atoms with van der Waals surface area (Å²) in [5, 5.41) is 17.8. The molecule has 0 aliphatic carbocycles. The number of carbonyl (C=O) groups excluding carboxylic acids is 3. The lowest BCUT2D eigenvalue weighted by molar-refractivity contribution is 0.253. The number of aryl methyl sites for hydroxylation is 6. The third kappa shape index (κ3) is 14.8. The number of hydrogen-bond donors (Lipinski definition) is 9. The van der Waals surface area contributed by atoms with Crippen molar-refractivity contribution in [1.82, 2.24) is 28.7 Å². The van der Waals surface area contributed by atoms with Crippen LogP contribution in [-0.4, -0.2) is 46.7 Å². The van der Waals surface area contributed by atoms with E-state index in [1.807, 2.05) is 187 Å². The Labute approximate surface area is 424 Å². The quantitative estimate of drug-likeness (QED) is 0.0655. The Bertz CT molecular complexity index is 3290. The van der Waals surface area contributed by atoms with Gasteiger partial charge in [0.25, 0.3) is 0 Å². The van der Waals surface area contributed by atoms with Crippen LogP contribution in [0.3, 0.4) is 0 Å². The Balaban J connectivity index is 0.000000177. The molecule has 9 rings (SSSR count). The summed E-state index contributed by atoms with van der Waals surface area (Å²) in [6, 6.07) is 45.2. The first-order chi connectivity index (χ1) is 34.5. The van der Waals surface area contributed by atoms with E-state index in [4.69, 9.17) is 17.2 Å². The van der Waals surface area contributed by atoms with Crippen LogP contribution in [0, 0.1) is 41.5 Å². The van der Waals surface area contributed by atoms with Gasteiger partial charge in [-0.25, -0.2) is 28.1 Å². The van der Waals surface area contributed by atoms with Gasteiger partial charge in [-0.2, -0.15) is 15.0 Å². The molecule has 0 unspecified atom stereocenters. The molecule has 0 saturated heterocycles. The smallest absolute Gasteiger partial charge is 0.332 e. The summed E-state index contributed by atoms with van der Waals surface area (Å²) in [5.74, 6) is 1.89. The molecule has 0 aliphatic heterocycles. The number of nitrogen functional groups attached to an aromatic ring is 3. The molecular weight excluding hydrogens is 919 g/mol. The van der Waals surface area contributed by atoms with Gasteiger partial charge in [-0.3, -0.25) is 0 Å². The van der Waals surface area contributed by atoms with E-state index in [0.29, 0.717) is 28.8 Å². The zero-order valence-electron chi connectivity index (χ0n) is 40.7. The van der Waals surface area contributed by atoms with Crippen molar-refractivity contribution < 1.29 is 14.4 Å². The van der Waals surface area contributed by atoms with E-state index >= 15 is 0 Å². The average molecular weight is 980 g/mol. The van der Waals surface area contributed by atoms with Crippen molar-refractivity contribution in [2.45, 2.75) is 49.0 Å². The number of nitrogens with two attached hydrogens (primary N) is 3. The van der Waals surface area contributed by atoms with Gasteiger partial charge in [-0.05, 0) is 119 Å². The summed E-state index contributed by atoms with van der Waals surface area (Å²) in [4.78, 5) is 49.6. The molecule has 0 spiro atoms. The molecule has 374 valence electrons. The molecule has 0 saturated carbocycles. The van der Waals surface area contributed by atoms with Crippen molar-refractivity contribution in [3.8, 4) is 0 Å². The van der Waals surface area contributed by atoms with E-state index in [1.54, 1.807) is 18.6 Å². The molecule has 9 aromatic rings. The van der Waals surface area contributed by atoms with Crippen molar-refractivity contribution in [2.75, 3.05) is 49.1 Å².